The molecule has 0 unspecified atom stereocenters. The summed E-state index contributed by atoms with van der Waals surface area (Å²) in [6.07, 6.45) is 3.55. The van der Waals surface area contributed by atoms with Crippen LogP contribution in [0.25, 0.3) is 0 Å². The average molecular weight is 508 g/mol. The molecule has 1 aliphatic carbocycles. The maximum atomic E-state index is 13.0. The Hall–Kier alpha value is -3.98. The molecule has 0 bridgehead atoms. The van der Waals surface area contributed by atoms with Crippen molar-refractivity contribution in [2.45, 2.75) is 25.6 Å². The van der Waals surface area contributed by atoms with Crippen molar-refractivity contribution >= 4 is 5.69 Å². The maximum absolute atomic E-state index is 13.0. The molecule has 3 aromatic rings. The van der Waals surface area contributed by atoms with Gasteiger partial charge in [0.05, 0.1) is 45.9 Å². The summed E-state index contributed by atoms with van der Waals surface area (Å²) in [5, 5.41) is 0. The summed E-state index contributed by atoms with van der Waals surface area (Å²) in [6, 6.07) is 15.0. The molecule has 0 fully saturated rings. The largest absolute Gasteiger partial charge is 0.501 e. The van der Waals surface area contributed by atoms with Gasteiger partial charge in [0.25, 0.3) is 5.56 Å². The van der Waals surface area contributed by atoms with Gasteiger partial charge in [-0.1, -0.05) is 12.1 Å². The number of anilines is 1. The molecular weight excluding hydrogens is 474 g/mol. The summed E-state index contributed by atoms with van der Waals surface area (Å²) in [4.78, 5) is 29.8. The predicted molar refractivity (Wildman–Crippen MR) is 142 cm³/mol. The average Bonchev–Trinajstić information content (AvgIpc) is 3.27. The molecule has 3 atom stereocenters. The van der Waals surface area contributed by atoms with Crippen LogP contribution in [0.15, 0.2) is 76.2 Å². The topological polar surface area (TPSA) is 95.0 Å². The highest BCUT2D eigenvalue weighted by atomic mass is 16.5. The second-order valence-corrected chi connectivity index (χ2v) is 8.97. The summed E-state index contributed by atoms with van der Waals surface area (Å²) in [6.45, 7) is 2.61. The Bertz CT molecular complexity index is 1340. The van der Waals surface area contributed by atoms with Crippen molar-refractivity contribution < 1.29 is 18.9 Å². The zero-order chi connectivity index (χ0) is 26.5. The third kappa shape index (κ3) is 5.41. The fourth-order valence-electron chi connectivity index (χ4n) is 4.90. The second kappa shape index (κ2) is 11.4. The molecule has 9 heteroatoms. The van der Waals surface area contributed by atoms with Crippen LogP contribution >= 0.6 is 0 Å². The molecule has 0 saturated carbocycles. The molecule has 196 valence electrons. The number of nitrogens with one attached hydrogen (secondary N) is 1. The van der Waals surface area contributed by atoms with Gasteiger partial charge in [-0.25, -0.2) is 4.79 Å². The van der Waals surface area contributed by atoms with Crippen LogP contribution in [0, 0.1) is 12.8 Å². The molecule has 0 spiro atoms. The second-order valence-electron chi connectivity index (χ2n) is 8.97. The predicted octanol–water partition coefficient (Wildman–Crippen LogP) is 3.29. The number of aromatic amines is 1. The highest BCUT2D eigenvalue weighted by Crippen LogP contribution is 2.41. The lowest BCUT2D eigenvalue weighted by atomic mass is 9.96. The molecule has 0 saturated heterocycles. The van der Waals surface area contributed by atoms with E-state index in [-0.39, 0.29) is 12.0 Å². The van der Waals surface area contributed by atoms with E-state index < -0.39 is 17.3 Å². The number of aromatic nitrogens is 2. The Kier molecular flexibility index (Phi) is 8.03. The molecule has 9 nitrogen and oxygen atoms in total. The van der Waals surface area contributed by atoms with E-state index in [1.165, 1.54) is 0 Å². The number of hydrogen-bond acceptors (Lipinski definition) is 7. The number of rotatable bonds is 10. The Morgan fingerprint density at radius 3 is 2.08 bits per heavy atom. The minimum absolute atomic E-state index is 0.181. The van der Waals surface area contributed by atoms with E-state index in [2.05, 4.69) is 9.88 Å². The molecule has 37 heavy (non-hydrogen) atoms. The zero-order valence-electron chi connectivity index (χ0n) is 21.8. The highest BCUT2D eigenvalue weighted by Gasteiger charge is 2.43. The van der Waals surface area contributed by atoms with Crippen LogP contribution in [0.2, 0.25) is 0 Å². The van der Waals surface area contributed by atoms with Crippen molar-refractivity contribution in [1.82, 2.24) is 9.55 Å². The fourth-order valence-corrected chi connectivity index (χ4v) is 4.90. The minimum Gasteiger partial charge on any atom is -0.501 e. The number of nitrogens with zero attached hydrogens (tertiary/aromatic N) is 2. The molecule has 1 aromatic heterocycles. The van der Waals surface area contributed by atoms with Gasteiger partial charge in [0.15, 0.2) is 0 Å². The van der Waals surface area contributed by atoms with Gasteiger partial charge in [0, 0.05) is 31.1 Å². The van der Waals surface area contributed by atoms with Crippen molar-refractivity contribution in [3.05, 3.63) is 98.5 Å². The number of methoxy groups -OCH3 is 4. The van der Waals surface area contributed by atoms with Crippen LogP contribution in [-0.4, -0.2) is 50.6 Å². The first-order valence-electron chi connectivity index (χ1n) is 12.0. The molecule has 1 N–H and O–H groups in total. The lowest BCUT2D eigenvalue weighted by Crippen LogP contribution is -2.47. The van der Waals surface area contributed by atoms with E-state index in [1.807, 2.05) is 54.6 Å². The molecule has 0 aliphatic heterocycles. The van der Waals surface area contributed by atoms with Crippen molar-refractivity contribution in [2.75, 3.05) is 39.9 Å². The van der Waals surface area contributed by atoms with Crippen molar-refractivity contribution in [1.29, 1.82) is 0 Å². The summed E-state index contributed by atoms with van der Waals surface area (Å²) < 4.78 is 23.7. The van der Waals surface area contributed by atoms with E-state index in [4.69, 9.17) is 18.9 Å². The summed E-state index contributed by atoms with van der Waals surface area (Å²) in [7, 11) is 6.54. The number of hydrogen-bond donors (Lipinski definition) is 1. The van der Waals surface area contributed by atoms with E-state index in [0.717, 1.165) is 28.5 Å². The number of aryl methyl sites for hydroxylation is 1. The van der Waals surface area contributed by atoms with E-state index in [0.29, 0.717) is 18.7 Å². The van der Waals surface area contributed by atoms with Gasteiger partial charge in [-0.15, -0.1) is 0 Å². The normalized spacial score (nSPS) is 18.8. The lowest BCUT2D eigenvalue weighted by Gasteiger charge is -2.39. The molecule has 1 heterocycles. The quantitative estimate of drug-likeness (QED) is 0.450. The van der Waals surface area contributed by atoms with Gasteiger partial charge in [-0.3, -0.25) is 14.3 Å². The van der Waals surface area contributed by atoms with Gasteiger partial charge >= 0.3 is 5.69 Å². The smallest absolute Gasteiger partial charge is 0.328 e. The first-order chi connectivity index (χ1) is 17.9. The molecule has 0 radical (unpaired) electrons. The Morgan fingerprint density at radius 1 is 0.892 bits per heavy atom. The molecule has 4 rings (SSSR count). The number of benzene rings is 2. The number of ether oxygens (including phenoxy) is 4. The third-order valence-electron chi connectivity index (χ3n) is 6.79. The highest BCUT2D eigenvalue weighted by molar-refractivity contribution is 5.52. The maximum Gasteiger partial charge on any atom is 0.328 e. The van der Waals surface area contributed by atoms with Gasteiger partial charge in [0.2, 0.25) is 0 Å². The van der Waals surface area contributed by atoms with E-state index in [9.17, 15) is 9.59 Å². The van der Waals surface area contributed by atoms with Crippen LogP contribution in [0.3, 0.4) is 0 Å². The van der Waals surface area contributed by atoms with E-state index in [1.54, 1.807) is 46.1 Å². The lowest BCUT2D eigenvalue weighted by molar-refractivity contribution is 0.119. The van der Waals surface area contributed by atoms with E-state index >= 15 is 0 Å². The molecule has 1 aliphatic rings. The van der Waals surface area contributed by atoms with Crippen LogP contribution in [0.5, 0.6) is 11.5 Å². The van der Waals surface area contributed by atoms with Gasteiger partial charge in [-0.2, -0.15) is 0 Å². The Balaban J connectivity index is 1.87. The first kappa shape index (κ1) is 26.1. The molecular formula is C28H33N3O6. The fraction of sp³-hybridized carbons (Fsp3) is 0.357. The van der Waals surface area contributed by atoms with Gasteiger partial charge in [-0.05, 0) is 55.0 Å². The molecule has 2 aromatic carbocycles. The van der Waals surface area contributed by atoms with Crippen LogP contribution in [0.4, 0.5) is 5.69 Å². The third-order valence-corrected chi connectivity index (χ3v) is 6.79. The SMILES string of the molecule is COC[C@H]1C(OC)=C[C@@H](n2cc(C)c(=O)[nH]c2=O)[C@@H]1N(Cc1ccc(OC)cc1)c1ccc(OC)cc1. The summed E-state index contributed by atoms with van der Waals surface area (Å²) >= 11 is 0. The first-order valence-corrected chi connectivity index (χ1v) is 12.0. The van der Waals surface area contributed by atoms with Crippen LogP contribution in [0.1, 0.15) is 17.2 Å². The number of H-pyrrole nitrogens is 1. The zero-order valence-corrected chi connectivity index (χ0v) is 21.8. The Labute approximate surface area is 215 Å². The molecule has 0 amide bonds. The van der Waals surface area contributed by atoms with Crippen molar-refractivity contribution in [3.8, 4) is 11.5 Å². The summed E-state index contributed by atoms with van der Waals surface area (Å²) in [5.74, 6) is 2.06. The van der Waals surface area contributed by atoms with Crippen molar-refractivity contribution in [3.63, 3.8) is 0 Å². The summed E-state index contributed by atoms with van der Waals surface area (Å²) in [5.41, 5.74) is 1.57. The minimum atomic E-state index is -0.477. The standard InChI is InChI=1S/C28H33N3O6/c1-18-15-31(28(33)29-27(18)32)24-14-25(37-5)23(17-34-2)26(24)30(20-8-12-22(36-4)13-9-20)16-19-6-10-21(35-3)11-7-19/h6-15,23-24,26H,16-17H2,1-5H3,(H,29,32,33)/t23-,24+,26+/m0/s1. The van der Waals surface area contributed by atoms with Crippen molar-refractivity contribution in [2.24, 2.45) is 5.92 Å². The van der Waals surface area contributed by atoms with Gasteiger partial charge < -0.3 is 23.8 Å². The van der Waals surface area contributed by atoms with Crippen LogP contribution < -0.4 is 25.6 Å². The van der Waals surface area contributed by atoms with Gasteiger partial charge in [0.1, 0.15) is 17.3 Å². The Morgan fingerprint density at radius 2 is 1.51 bits per heavy atom. The monoisotopic (exact) mass is 507 g/mol. The van der Waals surface area contributed by atoms with Crippen LogP contribution in [-0.2, 0) is 16.0 Å².